The molecule has 0 aromatic heterocycles. The first-order valence-electron chi connectivity index (χ1n) is 10.4. The summed E-state index contributed by atoms with van der Waals surface area (Å²) in [6, 6.07) is 24.4. The third-order valence-electron chi connectivity index (χ3n) is 5.69. The first-order chi connectivity index (χ1) is 15.6. The number of nitriles is 1. The number of carboxylic acid groups (broad SMARTS) is 1. The van der Waals surface area contributed by atoms with Gasteiger partial charge in [-0.3, -0.25) is 4.79 Å². The second-order valence-electron chi connectivity index (χ2n) is 7.74. The number of alkyl carbamates (subject to hydrolysis) is 1. The Morgan fingerprint density at radius 2 is 1.56 bits per heavy atom. The smallest absolute Gasteiger partial charge is 0.407 e. The van der Waals surface area contributed by atoms with Gasteiger partial charge in [-0.2, -0.15) is 5.26 Å². The highest BCUT2D eigenvalue weighted by atomic mass is 16.5. The summed E-state index contributed by atoms with van der Waals surface area (Å²) >= 11 is 0. The predicted molar refractivity (Wildman–Crippen MR) is 119 cm³/mol. The molecule has 1 aliphatic carbocycles. The average Bonchev–Trinajstić information content (AvgIpc) is 3.11. The number of benzene rings is 3. The number of aliphatic carboxylic acids is 1. The van der Waals surface area contributed by atoms with Gasteiger partial charge in [-0.1, -0.05) is 66.7 Å². The third-order valence-corrected chi connectivity index (χ3v) is 5.69. The van der Waals surface area contributed by atoms with Gasteiger partial charge >= 0.3 is 12.1 Å². The Morgan fingerprint density at radius 3 is 2.19 bits per heavy atom. The molecule has 6 nitrogen and oxygen atoms in total. The molecule has 32 heavy (non-hydrogen) atoms. The molecule has 0 saturated carbocycles. The van der Waals surface area contributed by atoms with Crippen molar-refractivity contribution >= 4 is 12.1 Å². The molecule has 0 heterocycles. The summed E-state index contributed by atoms with van der Waals surface area (Å²) < 4.78 is 5.54. The number of rotatable bonds is 7. The van der Waals surface area contributed by atoms with Crippen LogP contribution in [0.25, 0.3) is 11.1 Å². The Kier molecular flexibility index (Phi) is 6.18. The van der Waals surface area contributed by atoms with Gasteiger partial charge in [0.2, 0.25) is 0 Å². The minimum atomic E-state index is -1.04. The summed E-state index contributed by atoms with van der Waals surface area (Å²) in [5.74, 6) is -1.12. The Labute approximate surface area is 186 Å². The number of carbonyl (C=O) groups is 2. The number of ether oxygens (including phenoxy) is 1. The van der Waals surface area contributed by atoms with Crippen LogP contribution in [0.15, 0.2) is 72.8 Å². The molecule has 6 heteroatoms. The van der Waals surface area contributed by atoms with E-state index in [2.05, 4.69) is 23.5 Å². The highest BCUT2D eigenvalue weighted by molar-refractivity contribution is 5.79. The topological polar surface area (TPSA) is 99.4 Å². The molecule has 160 valence electrons. The van der Waals surface area contributed by atoms with Crippen LogP contribution in [-0.2, 0) is 16.0 Å². The van der Waals surface area contributed by atoms with Crippen LogP contribution >= 0.6 is 0 Å². The molecular weight excluding hydrogens is 404 g/mol. The lowest BCUT2D eigenvalue weighted by Crippen LogP contribution is -2.39. The standard InChI is InChI=1S/C26H22N2O4/c27-15-18-8-2-1-7-17(18)13-19(14-25(29)30)28-26(31)32-16-24-22-11-5-3-9-20(22)21-10-4-6-12-23(21)24/h1-12,19,24H,13-14,16H2,(H,28,31)(H,29,30). The average molecular weight is 426 g/mol. The summed E-state index contributed by atoms with van der Waals surface area (Å²) in [6.45, 7) is 0.147. The number of amides is 1. The largest absolute Gasteiger partial charge is 0.481 e. The van der Waals surface area contributed by atoms with Crippen molar-refractivity contribution < 1.29 is 19.4 Å². The number of nitrogens with zero attached hydrogens (tertiary/aromatic N) is 1. The lowest BCUT2D eigenvalue weighted by molar-refractivity contribution is -0.137. The summed E-state index contributed by atoms with van der Waals surface area (Å²) in [4.78, 5) is 23.9. The first kappa shape index (κ1) is 21.1. The van der Waals surface area contributed by atoms with E-state index in [1.165, 1.54) is 0 Å². The maximum atomic E-state index is 12.6. The molecule has 0 fully saturated rings. The van der Waals surface area contributed by atoms with E-state index in [9.17, 15) is 20.0 Å². The van der Waals surface area contributed by atoms with Crippen molar-refractivity contribution in [2.75, 3.05) is 6.61 Å². The molecule has 0 spiro atoms. The van der Waals surface area contributed by atoms with Crippen LogP contribution in [0.2, 0.25) is 0 Å². The van der Waals surface area contributed by atoms with Gasteiger partial charge in [-0.05, 0) is 40.3 Å². The maximum Gasteiger partial charge on any atom is 0.407 e. The van der Waals surface area contributed by atoms with E-state index in [-0.39, 0.29) is 25.4 Å². The Hall–Kier alpha value is -4.11. The monoisotopic (exact) mass is 426 g/mol. The minimum absolute atomic E-state index is 0.0783. The number of nitrogens with one attached hydrogen (secondary N) is 1. The fraction of sp³-hybridized carbons (Fsp3) is 0.192. The summed E-state index contributed by atoms with van der Waals surface area (Å²) in [6.07, 6.45) is -0.725. The SMILES string of the molecule is N#Cc1ccccc1CC(CC(=O)O)NC(=O)OCC1c2ccccc2-c2ccccc21. The van der Waals surface area contributed by atoms with Gasteiger partial charge in [-0.25, -0.2) is 4.79 Å². The predicted octanol–water partition coefficient (Wildman–Crippen LogP) is 4.48. The van der Waals surface area contributed by atoms with Crippen molar-refractivity contribution in [2.24, 2.45) is 0 Å². The van der Waals surface area contributed by atoms with Crippen molar-refractivity contribution in [3.05, 3.63) is 95.1 Å². The Balaban J connectivity index is 1.45. The molecule has 3 aromatic carbocycles. The van der Waals surface area contributed by atoms with Gasteiger partial charge in [0.05, 0.1) is 18.1 Å². The first-order valence-corrected chi connectivity index (χ1v) is 10.4. The normalized spacial score (nSPS) is 12.8. The quantitative estimate of drug-likeness (QED) is 0.580. The molecule has 1 aliphatic rings. The summed E-state index contributed by atoms with van der Waals surface area (Å²) in [5, 5.41) is 21.2. The number of carboxylic acids is 1. The maximum absolute atomic E-state index is 12.6. The van der Waals surface area contributed by atoms with Crippen LogP contribution in [0, 0.1) is 11.3 Å². The molecule has 1 atom stereocenters. The van der Waals surface area contributed by atoms with Crippen molar-refractivity contribution in [1.82, 2.24) is 5.32 Å². The van der Waals surface area contributed by atoms with E-state index < -0.39 is 18.1 Å². The molecule has 0 aliphatic heterocycles. The zero-order valence-corrected chi connectivity index (χ0v) is 17.3. The number of fused-ring (bicyclic) bond motifs is 3. The fourth-order valence-corrected chi connectivity index (χ4v) is 4.26. The van der Waals surface area contributed by atoms with Gasteiger partial charge < -0.3 is 15.2 Å². The van der Waals surface area contributed by atoms with Crippen LogP contribution in [0.3, 0.4) is 0 Å². The van der Waals surface area contributed by atoms with Crippen molar-refractivity contribution in [1.29, 1.82) is 5.26 Å². The number of hydrogen-bond acceptors (Lipinski definition) is 4. The lowest BCUT2D eigenvalue weighted by atomic mass is 9.98. The van der Waals surface area contributed by atoms with Crippen molar-refractivity contribution in [3.8, 4) is 17.2 Å². The van der Waals surface area contributed by atoms with Gasteiger partial charge in [0, 0.05) is 12.0 Å². The second-order valence-corrected chi connectivity index (χ2v) is 7.74. The highest BCUT2D eigenvalue weighted by Crippen LogP contribution is 2.44. The molecule has 3 aromatic rings. The Morgan fingerprint density at radius 1 is 0.969 bits per heavy atom. The van der Waals surface area contributed by atoms with E-state index in [1.54, 1.807) is 24.3 Å². The van der Waals surface area contributed by atoms with E-state index in [0.717, 1.165) is 22.3 Å². The van der Waals surface area contributed by atoms with Gasteiger partial charge in [-0.15, -0.1) is 0 Å². The Bertz CT molecular complexity index is 1150. The van der Waals surface area contributed by atoms with Crippen LogP contribution in [0.1, 0.15) is 34.6 Å². The van der Waals surface area contributed by atoms with Crippen LogP contribution in [0.4, 0.5) is 4.79 Å². The third kappa shape index (κ3) is 4.47. The van der Waals surface area contributed by atoms with E-state index >= 15 is 0 Å². The van der Waals surface area contributed by atoms with Crippen molar-refractivity contribution in [2.45, 2.75) is 24.8 Å². The zero-order chi connectivity index (χ0) is 22.5. The highest BCUT2D eigenvalue weighted by Gasteiger charge is 2.29. The van der Waals surface area contributed by atoms with E-state index in [0.29, 0.717) is 11.1 Å². The second kappa shape index (κ2) is 9.36. The summed E-state index contributed by atoms with van der Waals surface area (Å²) in [7, 11) is 0. The van der Waals surface area contributed by atoms with Gasteiger partial charge in [0.15, 0.2) is 0 Å². The summed E-state index contributed by atoms with van der Waals surface area (Å²) in [5.41, 5.74) is 5.61. The fourth-order valence-electron chi connectivity index (χ4n) is 4.26. The van der Waals surface area contributed by atoms with Crippen LogP contribution in [0.5, 0.6) is 0 Å². The number of hydrogen-bond donors (Lipinski definition) is 2. The van der Waals surface area contributed by atoms with Crippen molar-refractivity contribution in [3.63, 3.8) is 0 Å². The molecule has 2 N–H and O–H groups in total. The van der Waals surface area contributed by atoms with E-state index in [4.69, 9.17) is 4.74 Å². The van der Waals surface area contributed by atoms with E-state index in [1.807, 2.05) is 36.4 Å². The molecule has 1 unspecified atom stereocenters. The van der Waals surface area contributed by atoms with Crippen LogP contribution in [-0.4, -0.2) is 29.8 Å². The molecule has 0 saturated heterocycles. The minimum Gasteiger partial charge on any atom is -0.481 e. The zero-order valence-electron chi connectivity index (χ0n) is 17.3. The van der Waals surface area contributed by atoms with Crippen LogP contribution < -0.4 is 5.32 Å². The van der Waals surface area contributed by atoms with Gasteiger partial charge in [0.25, 0.3) is 0 Å². The number of carbonyl (C=O) groups excluding carboxylic acids is 1. The molecular formula is C26H22N2O4. The molecule has 1 amide bonds. The molecule has 4 rings (SSSR count). The molecule has 0 bridgehead atoms. The lowest BCUT2D eigenvalue weighted by Gasteiger charge is -2.19. The van der Waals surface area contributed by atoms with Gasteiger partial charge in [0.1, 0.15) is 6.61 Å². The molecule has 0 radical (unpaired) electrons.